The maximum atomic E-state index is 14.3. The number of benzene rings is 2. The van der Waals surface area contributed by atoms with E-state index in [1.54, 1.807) is 0 Å². The van der Waals surface area contributed by atoms with Crippen molar-refractivity contribution in [2.45, 2.75) is 31.4 Å². The zero-order valence-corrected chi connectivity index (χ0v) is 16.5. The highest BCUT2D eigenvalue weighted by atomic mass is 35.5. The molecule has 1 aliphatic carbocycles. The Morgan fingerprint density at radius 2 is 1.80 bits per heavy atom. The standard InChI is InChI=1S/C21H18ClF4NO3/c1-10(21(24,25)26)18(11-2-5-13(22)6-3-11)19(28)27-17-8-12(4-7-16(17)23)14-9-15(14)20(29)30/h2-8,10,14-15,18H,9H2,1H3,(H,27,28)(H,29,30)/t10-,14?,15?,18+/m1/s1. The number of aliphatic carboxylic acids is 1. The predicted molar refractivity (Wildman–Crippen MR) is 103 cm³/mol. The van der Waals surface area contributed by atoms with Crippen molar-refractivity contribution in [3.05, 3.63) is 64.4 Å². The van der Waals surface area contributed by atoms with Crippen molar-refractivity contribution in [1.29, 1.82) is 0 Å². The van der Waals surface area contributed by atoms with Crippen LogP contribution in [0.2, 0.25) is 5.02 Å². The molecule has 0 heterocycles. The van der Waals surface area contributed by atoms with Crippen molar-refractivity contribution >= 4 is 29.2 Å². The summed E-state index contributed by atoms with van der Waals surface area (Å²) in [5.41, 5.74) is 0.305. The smallest absolute Gasteiger partial charge is 0.392 e. The van der Waals surface area contributed by atoms with Crippen molar-refractivity contribution < 1.29 is 32.3 Å². The lowest BCUT2D eigenvalue weighted by Gasteiger charge is -2.26. The van der Waals surface area contributed by atoms with E-state index in [9.17, 15) is 27.2 Å². The summed E-state index contributed by atoms with van der Waals surface area (Å²) in [5, 5.41) is 11.6. The first kappa shape index (κ1) is 22.1. The number of halogens is 5. The number of carbonyl (C=O) groups excluding carboxylic acids is 1. The van der Waals surface area contributed by atoms with Gasteiger partial charge in [0.15, 0.2) is 0 Å². The molecule has 30 heavy (non-hydrogen) atoms. The first-order chi connectivity index (χ1) is 14.0. The number of alkyl halides is 3. The molecule has 2 unspecified atom stereocenters. The molecule has 0 saturated heterocycles. The topological polar surface area (TPSA) is 66.4 Å². The van der Waals surface area contributed by atoms with E-state index in [4.69, 9.17) is 16.7 Å². The van der Waals surface area contributed by atoms with Crippen LogP contribution in [-0.2, 0) is 9.59 Å². The van der Waals surface area contributed by atoms with Crippen LogP contribution in [0.15, 0.2) is 42.5 Å². The highest BCUT2D eigenvalue weighted by Crippen LogP contribution is 2.48. The monoisotopic (exact) mass is 443 g/mol. The molecule has 2 aromatic rings. The average Bonchev–Trinajstić information content (AvgIpc) is 3.45. The fourth-order valence-corrected chi connectivity index (χ4v) is 3.57. The highest BCUT2D eigenvalue weighted by Gasteiger charge is 2.46. The third kappa shape index (κ3) is 4.75. The van der Waals surface area contributed by atoms with Gasteiger partial charge in [-0.05, 0) is 47.7 Å². The molecule has 1 saturated carbocycles. The van der Waals surface area contributed by atoms with Crippen LogP contribution in [0, 0.1) is 17.7 Å². The Bertz CT molecular complexity index is 962. The van der Waals surface area contributed by atoms with Gasteiger partial charge in [0.05, 0.1) is 23.4 Å². The van der Waals surface area contributed by atoms with Crippen LogP contribution in [0.1, 0.15) is 36.3 Å². The van der Waals surface area contributed by atoms with Crippen molar-refractivity contribution in [2.24, 2.45) is 11.8 Å². The molecule has 2 N–H and O–H groups in total. The van der Waals surface area contributed by atoms with E-state index in [1.165, 1.54) is 36.4 Å². The minimum absolute atomic E-state index is 0.0893. The van der Waals surface area contributed by atoms with E-state index in [-0.39, 0.29) is 17.2 Å². The summed E-state index contributed by atoms with van der Waals surface area (Å²) >= 11 is 5.79. The Morgan fingerprint density at radius 3 is 2.33 bits per heavy atom. The highest BCUT2D eigenvalue weighted by molar-refractivity contribution is 6.30. The summed E-state index contributed by atoms with van der Waals surface area (Å²) in [6.45, 7) is 0.882. The quantitative estimate of drug-likeness (QED) is 0.572. The third-order valence-electron chi connectivity index (χ3n) is 5.31. The number of carbonyl (C=O) groups is 2. The Morgan fingerprint density at radius 1 is 1.17 bits per heavy atom. The fraction of sp³-hybridized carbons (Fsp3) is 0.333. The molecule has 1 amide bonds. The second-order valence-electron chi connectivity index (χ2n) is 7.37. The summed E-state index contributed by atoms with van der Waals surface area (Å²) in [6, 6.07) is 9.14. The number of hydrogen-bond donors (Lipinski definition) is 2. The van der Waals surface area contributed by atoms with E-state index < -0.39 is 41.6 Å². The summed E-state index contributed by atoms with van der Waals surface area (Å²) < 4.78 is 54.5. The van der Waals surface area contributed by atoms with Gasteiger partial charge < -0.3 is 10.4 Å². The number of anilines is 1. The van der Waals surface area contributed by atoms with Crippen molar-refractivity contribution in [3.8, 4) is 0 Å². The number of amides is 1. The molecule has 4 nitrogen and oxygen atoms in total. The van der Waals surface area contributed by atoms with E-state index in [1.807, 2.05) is 0 Å². The van der Waals surface area contributed by atoms with Gasteiger partial charge in [-0.3, -0.25) is 9.59 Å². The van der Waals surface area contributed by atoms with Crippen LogP contribution < -0.4 is 5.32 Å². The molecule has 0 bridgehead atoms. The second-order valence-corrected chi connectivity index (χ2v) is 7.81. The normalized spacial score (nSPS) is 20.3. The largest absolute Gasteiger partial charge is 0.481 e. The molecule has 2 aromatic carbocycles. The summed E-state index contributed by atoms with van der Waals surface area (Å²) in [5.74, 6) is -7.40. The van der Waals surface area contributed by atoms with E-state index in [0.717, 1.165) is 13.0 Å². The van der Waals surface area contributed by atoms with Gasteiger partial charge in [-0.1, -0.05) is 36.7 Å². The number of carboxylic acids is 1. The van der Waals surface area contributed by atoms with Crippen LogP contribution in [-0.4, -0.2) is 23.2 Å². The lowest BCUT2D eigenvalue weighted by Crippen LogP contribution is -2.34. The van der Waals surface area contributed by atoms with Crippen LogP contribution >= 0.6 is 11.6 Å². The van der Waals surface area contributed by atoms with Crippen LogP contribution in [0.3, 0.4) is 0 Å². The Labute approximate surface area is 174 Å². The van der Waals surface area contributed by atoms with Crippen LogP contribution in [0.4, 0.5) is 23.2 Å². The number of rotatable bonds is 6. The summed E-state index contributed by atoms with van der Waals surface area (Å²) in [4.78, 5) is 23.9. The van der Waals surface area contributed by atoms with Gasteiger partial charge in [0, 0.05) is 5.02 Å². The van der Waals surface area contributed by atoms with Gasteiger partial charge in [-0.15, -0.1) is 0 Å². The predicted octanol–water partition coefficient (Wildman–Crippen LogP) is 5.59. The number of hydrogen-bond acceptors (Lipinski definition) is 2. The summed E-state index contributed by atoms with van der Waals surface area (Å²) in [7, 11) is 0. The van der Waals surface area contributed by atoms with Gasteiger partial charge >= 0.3 is 12.1 Å². The number of carboxylic acid groups (broad SMARTS) is 1. The van der Waals surface area contributed by atoms with Gasteiger partial charge in [-0.2, -0.15) is 13.2 Å². The molecular weight excluding hydrogens is 426 g/mol. The molecule has 0 spiro atoms. The molecule has 1 fully saturated rings. The number of nitrogens with one attached hydrogen (secondary N) is 1. The molecule has 4 atom stereocenters. The van der Waals surface area contributed by atoms with Gasteiger partial charge in [0.25, 0.3) is 0 Å². The Balaban J connectivity index is 1.89. The molecular formula is C21H18ClF4NO3. The maximum Gasteiger partial charge on any atom is 0.392 e. The molecule has 9 heteroatoms. The molecule has 0 aliphatic heterocycles. The molecule has 3 rings (SSSR count). The molecule has 0 aromatic heterocycles. The minimum Gasteiger partial charge on any atom is -0.481 e. The van der Waals surface area contributed by atoms with E-state index in [0.29, 0.717) is 17.0 Å². The van der Waals surface area contributed by atoms with E-state index in [2.05, 4.69) is 5.32 Å². The van der Waals surface area contributed by atoms with Crippen molar-refractivity contribution in [2.75, 3.05) is 5.32 Å². The lowest BCUT2D eigenvalue weighted by molar-refractivity contribution is -0.178. The zero-order chi connectivity index (χ0) is 22.2. The van der Waals surface area contributed by atoms with Gasteiger partial charge in [0.1, 0.15) is 5.82 Å². The third-order valence-corrected chi connectivity index (χ3v) is 5.56. The fourth-order valence-electron chi connectivity index (χ4n) is 3.44. The molecule has 0 radical (unpaired) electrons. The van der Waals surface area contributed by atoms with Crippen LogP contribution in [0.25, 0.3) is 0 Å². The van der Waals surface area contributed by atoms with Crippen LogP contribution in [0.5, 0.6) is 0 Å². The summed E-state index contributed by atoms with van der Waals surface area (Å²) in [6.07, 6.45) is -4.28. The van der Waals surface area contributed by atoms with Gasteiger partial charge in [0.2, 0.25) is 5.91 Å². The van der Waals surface area contributed by atoms with Gasteiger partial charge in [-0.25, -0.2) is 4.39 Å². The van der Waals surface area contributed by atoms with Crippen molar-refractivity contribution in [1.82, 2.24) is 0 Å². The first-order valence-electron chi connectivity index (χ1n) is 9.14. The minimum atomic E-state index is -4.66. The Hall–Kier alpha value is -2.61. The molecule has 1 aliphatic rings. The van der Waals surface area contributed by atoms with Crippen molar-refractivity contribution in [3.63, 3.8) is 0 Å². The Kier molecular flexibility index (Phi) is 6.08. The SMILES string of the molecule is C[C@H]([C@H](C(=O)Nc1cc(C2CC2C(=O)O)ccc1F)c1ccc(Cl)cc1)C(F)(F)F. The first-order valence-corrected chi connectivity index (χ1v) is 9.52. The molecule has 160 valence electrons. The van der Waals surface area contributed by atoms with E-state index >= 15 is 0 Å². The lowest BCUT2D eigenvalue weighted by atomic mass is 9.86. The average molecular weight is 444 g/mol. The second kappa shape index (κ2) is 8.26. The maximum absolute atomic E-state index is 14.3. The zero-order valence-electron chi connectivity index (χ0n) is 15.7.